The molecule has 28 heavy (non-hydrogen) atoms. The van der Waals surface area contributed by atoms with Gasteiger partial charge in [-0.05, 0) is 46.8 Å². The lowest BCUT2D eigenvalue weighted by Crippen LogP contribution is -2.21. The number of phenolic OH excluding ortho intramolecular Hbond substituents is 1. The van der Waals surface area contributed by atoms with E-state index in [4.69, 9.17) is 0 Å². The summed E-state index contributed by atoms with van der Waals surface area (Å²) < 4.78 is 0. The van der Waals surface area contributed by atoms with E-state index in [0.717, 1.165) is 29.5 Å². The number of unbranched alkanes of at least 4 members (excludes halogenated alkanes) is 5. The Morgan fingerprint density at radius 3 is 1.96 bits per heavy atom. The zero-order valence-electron chi connectivity index (χ0n) is 19.2. The van der Waals surface area contributed by atoms with Crippen molar-refractivity contribution in [1.29, 1.82) is 0 Å². The first-order chi connectivity index (χ1) is 12.9. The van der Waals surface area contributed by atoms with E-state index < -0.39 is 5.97 Å². The maximum absolute atomic E-state index is 11.2. The van der Waals surface area contributed by atoms with Crippen LogP contribution >= 0.6 is 0 Å². The summed E-state index contributed by atoms with van der Waals surface area (Å²) in [5, 5.41) is 20.4. The highest BCUT2D eigenvalue weighted by Crippen LogP contribution is 2.43. The van der Waals surface area contributed by atoms with Crippen molar-refractivity contribution in [2.45, 2.75) is 117 Å². The molecule has 0 spiro atoms. The number of hydrogen-bond acceptors (Lipinski definition) is 2. The third-order valence-electron chi connectivity index (χ3n) is 5.45. The minimum Gasteiger partial charge on any atom is -0.507 e. The van der Waals surface area contributed by atoms with E-state index in [1.165, 1.54) is 37.7 Å². The summed E-state index contributed by atoms with van der Waals surface area (Å²) in [5.41, 5.74) is 3.82. The van der Waals surface area contributed by atoms with Gasteiger partial charge in [0.15, 0.2) is 0 Å². The smallest absolute Gasteiger partial charge is 0.303 e. The second-order valence-electron chi connectivity index (χ2n) is 10.2. The highest BCUT2D eigenvalue weighted by Gasteiger charge is 2.30. The zero-order valence-corrected chi connectivity index (χ0v) is 19.2. The summed E-state index contributed by atoms with van der Waals surface area (Å²) in [7, 11) is 0. The van der Waals surface area contributed by atoms with Crippen molar-refractivity contribution >= 4 is 5.97 Å². The topological polar surface area (TPSA) is 57.5 Å². The number of phenols is 1. The summed E-state index contributed by atoms with van der Waals surface area (Å²) >= 11 is 0. The highest BCUT2D eigenvalue weighted by atomic mass is 16.4. The second-order valence-corrected chi connectivity index (χ2v) is 10.2. The van der Waals surface area contributed by atoms with E-state index in [1.54, 1.807) is 0 Å². The molecule has 0 unspecified atom stereocenters. The third-order valence-corrected chi connectivity index (χ3v) is 5.45. The molecule has 3 nitrogen and oxygen atoms in total. The molecule has 0 aliphatic heterocycles. The molecule has 0 bridgehead atoms. The third kappa shape index (κ3) is 7.14. The van der Waals surface area contributed by atoms with Gasteiger partial charge in [0, 0.05) is 12.0 Å². The fraction of sp³-hybridized carbons (Fsp3) is 0.720. The Hall–Kier alpha value is -1.51. The van der Waals surface area contributed by atoms with E-state index in [-0.39, 0.29) is 17.3 Å². The van der Waals surface area contributed by atoms with Gasteiger partial charge in [0.2, 0.25) is 0 Å². The number of aryl methyl sites for hydroxylation is 1. The zero-order chi connectivity index (χ0) is 21.5. The number of hydrogen-bond donors (Lipinski definition) is 2. The molecule has 0 saturated carbocycles. The molecule has 1 aromatic carbocycles. The summed E-state index contributed by atoms with van der Waals surface area (Å²) in [6.07, 6.45) is 8.89. The molecule has 0 aromatic heterocycles. The Morgan fingerprint density at radius 2 is 1.46 bits per heavy atom. The van der Waals surface area contributed by atoms with E-state index in [0.29, 0.717) is 12.2 Å². The first-order valence-electron chi connectivity index (χ1n) is 11.0. The summed E-state index contributed by atoms with van der Waals surface area (Å²) in [5.74, 6) is -0.367. The van der Waals surface area contributed by atoms with Gasteiger partial charge in [-0.15, -0.1) is 0 Å². The van der Waals surface area contributed by atoms with Gasteiger partial charge in [0.25, 0.3) is 0 Å². The number of aromatic hydroxyl groups is 1. The Bertz CT molecular complexity index is 645. The lowest BCUT2D eigenvalue weighted by atomic mass is 9.74. The summed E-state index contributed by atoms with van der Waals surface area (Å²) in [4.78, 5) is 11.2. The molecule has 0 saturated heterocycles. The van der Waals surface area contributed by atoms with Gasteiger partial charge < -0.3 is 10.2 Å². The Morgan fingerprint density at radius 1 is 0.893 bits per heavy atom. The standard InChI is InChI=1S/C25H42O3/c1-8-9-10-11-12-13-14-19-18(15-16-21(26)27)17-20(24(2,3)4)23(28)22(19)25(5,6)7/h17,28H,8-16H2,1-7H3,(H,26,27). The predicted octanol–water partition coefficient (Wildman–Crippen LogP) is 6.91. The monoisotopic (exact) mass is 390 g/mol. The average Bonchev–Trinajstić information content (AvgIpc) is 2.54. The van der Waals surface area contributed by atoms with E-state index in [1.807, 2.05) is 0 Å². The lowest BCUT2D eigenvalue weighted by molar-refractivity contribution is -0.136. The lowest BCUT2D eigenvalue weighted by Gasteiger charge is -2.31. The van der Waals surface area contributed by atoms with Crippen LogP contribution in [0.15, 0.2) is 6.07 Å². The molecule has 0 radical (unpaired) electrons. The molecule has 2 N–H and O–H groups in total. The number of rotatable bonds is 10. The van der Waals surface area contributed by atoms with Gasteiger partial charge in [0.1, 0.15) is 5.75 Å². The molecule has 3 heteroatoms. The minimum absolute atomic E-state index is 0.126. The number of carbonyl (C=O) groups is 1. The first-order valence-corrected chi connectivity index (χ1v) is 11.0. The maximum Gasteiger partial charge on any atom is 0.303 e. The quantitative estimate of drug-likeness (QED) is 0.427. The van der Waals surface area contributed by atoms with Gasteiger partial charge in [0.05, 0.1) is 0 Å². The average molecular weight is 391 g/mol. The fourth-order valence-electron chi connectivity index (χ4n) is 3.98. The van der Waals surface area contributed by atoms with Crippen LogP contribution in [0, 0.1) is 0 Å². The number of aliphatic carboxylic acids is 1. The van der Waals surface area contributed by atoms with Crippen LogP contribution in [0.25, 0.3) is 0 Å². The van der Waals surface area contributed by atoms with Crippen molar-refractivity contribution in [3.63, 3.8) is 0 Å². The van der Waals surface area contributed by atoms with Crippen LogP contribution in [-0.2, 0) is 28.5 Å². The van der Waals surface area contributed by atoms with Crippen molar-refractivity contribution in [2.75, 3.05) is 0 Å². The minimum atomic E-state index is -0.770. The van der Waals surface area contributed by atoms with Gasteiger partial charge in [-0.2, -0.15) is 0 Å². The molecule has 0 aliphatic rings. The molecule has 0 heterocycles. The molecular weight excluding hydrogens is 348 g/mol. The van der Waals surface area contributed by atoms with Crippen LogP contribution in [-0.4, -0.2) is 16.2 Å². The van der Waals surface area contributed by atoms with Gasteiger partial charge >= 0.3 is 5.97 Å². The Kier molecular flexibility index (Phi) is 9.04. The molecular formula is C25H42O3. The molecule has 0 fully saturated rings. The van der Waals surface area contributed by atoms with Crippen molar-refractivity contribution < 1.29 is 15.0 Å². The van der Waals surface area contributed by atoms with Crippen molar-refractivity contribution in [3.05, 3.63) is 28.3 Å². The number of carboxylic acids is 1. The van der Waals surface area contributed by atoms with Crippen molar-refractivity contribution in [3.8, 4) is 5.75 Å². The largest absolute Gasteiger partial charge is 0.507 e. The molecule has 1 rings (SSSR count). The first kappa shape index (κ1) is 24.5. The SMILES string of the molecule is CCCCCCCCc1c(CCC(=O)O)cc(C(C)(C)C)c(O)c1C(C)(C)C. The molecule has 160 valence electrons. The van der Waals surface area contributed by atoms with Gasteiger partial charge in [-0.1, -0.05) is 86.6 Å². The van der Waals surface area contributed by atoms with Crippen molar-refractivity contribution in [2.24, 2.45) is 0 Å². The van der Waals surface area contributed by atoms with Crippen LogP contribution < -0.4 is 0 Å². The molecule has 1 aromatic rings. The van der Waals surface area contributed by atoms with Gasteiger partial charge in [-0.3, -0.25) is 4.79 Å². The van der Waals surface area contributed by atoms with E-state index in [2.05, 4.69) is 54.5 Å². The van der Waals surface area contributed by atoms with E-state index in [9.17, 15) is 15.0 Å². The van der Waals surface area contributed by atoms with Crippen LogP contribution in [0.3, 0.4) is 0 Å². The number of carboxylic acid groups (broad SMARTS) is 1. The van der Waals surface area contributed by atoms with Crippen LogP contribution in [0.5, 0.6) is 5.75 Å². The van der Waals surface area contributed by atoms with Crippen LogP contribution in [0.4, 0.5) is 0 Å². The summed E-state index contributed by atoms with van der Waals surface area (Å²) in [6.45, 7) is 14.9. The predicted molar refractivity (Wildman–Crippen MR) is 119 cm³/mol. The maximum atomic E-state index is 11.2. The highest BCUT2D eigenvalue weighted by molar-refractivity contribution is 5.67. The molecule has 0 atom stereocenters. The molecule has 0 amide bonds. The van der Waals surface area contributed by atoms with Crippen LogP contribution in [0.1, 0.15) is 116 Å². The summed E-state index contributed by atoms with van der Waals surface area (Å²) in [6, 6.07) is 2.07. The van der Waals surface area contributed by atoms with Gasteiger partial charge in [-0.25, -0.2) is 0 Å². The Labute approximate surface area is 172 Å². The molecule has 0 aliphatic carbocycles. The fourth-order valence-corrected chi connectivity index (χ4v) is 3.98. The Balaban J connectivity index is 3.33. The van der Waals surface area contributed by atoms with Crippen molar-refractivity contribution in [1.82, 2.24) is 0 Å². The number of benzene rings is 1. The second kappa shape index (κ2) is 10.3. The van der Waals surface area contributed by atoms with E-state index >= 15 is 0 Å². The van der Waals surface area contributed by atoms with Crippen LogP contribution in [0.2, 0.25) is 0 Å². The normalized spacial score (nSPS) is 12.4.